The van der Waals surface area contributed by atoms with Crippen LogP contribution in [-0.2, 0) is 4.79 Å². The van der Waals surface area contributed by atoms with E-state index < -0.39 is 0 Å². The third-order valence-corrected chi connectivity index (χ3v) is 7.05. The maximum Gasteiger partial charge on any atom is 0.187 e. The number of nitriles is 1. The van der Waals surface area contributed by atoms with E-state index in [-0.39, 0.29) is 28.6 Å². The van der Waals surface area contributed by atoms with Crippen molar-refractivity contribution in [3.8, 4) is 11.8 Å². The van der Waals surface area contributed by atoms with Crippen LogP contribution in [0.1, 0.15) is 53.5 Å². The molecular formula is C28H31ClN2O2. The SMILES string of the molecule is C=C1C=CC(C)=NC(CC)=C1C(=O)/C=C/[C@H]1C(C)(C)[C@H](Oc2ccc(C#N)c(Cl)c2)C1(C)C. The fourth-order valence-corrected chi connectivity index (χ4v) is 5.58. The number of hydrogen-bond acceptors (Lipinski definition) is 4. The summed E-state index contributed by atoms with van der Waals surface area (Å²) in [4.78, 5) is 17.8. The Morgan fingerprint density at radius 1 is 1.27 bits per heavy atom. The van der Waals surface area contributed by atoms with E-state index in [1.165, 1.54) is 0 Å². The summed E-state index contributed by atoms with van der Waals surface area (Å²) >= 11 is 6.18. The predicted octanol–water partition coefficient (Wildman–Crippen LogP) is 7.02. The molecule has 1 fully saturated rings. The number of allylic oxidation sites excluding steroid dienone is 7. The fourth-order valence-electron chi connectivity index (χ4n) is 5.36. The van der Waals surface area contributed by atoms with E-state index in [1.54, 1.807) is 24.3 Å². The first-order valence-corrected chi connectivity index (χ1v) is 11.6. The number of ether oxygens (including phenoxy) is 1. The molecule has 1 aliphatic carbocycles. The second-order valence-electron chi connectivity index (χ2n) is 9.88. The van der Waals surface area contributed by atoms with E-state index in [1.807, 2.05) is 32.1 Å². The van der Waals surface area contributed by atoms with Crippen LogP contribution >= 0.6 is 11.6 Å². The molecular weight excluding hydrogens is 432 g/mol. The highest BCUT2D eigenvalue weighted by atomic mass is 35.5. The van der Waals surface area contributed by atoms with Crippen molar-refractivity contribution in [1.29, 1.82) is 5.26 Å². The molecule has 1 aromatic rings. The molecule has 4 nitrogen and oxygen atoms in total. The second kappa shape index (κ2) is 9.15. The van der Waals surface area contributed by atoms with Crippen molar-refractivity contribution in [3.63, 3.8) is 0 Å². The highest BCUT2D eigenvalue weighted by Gasteiger charge is 2.62. The van der Waals surface area contributed by atoms with Crippen LogP contribution < -0.4 is 4.74 Å². The number of carbonyl (C=O) groups excluding carboxylic acids is 1. The smallest absolute Gasteiger partial charge is 0.187 e. The maximum atomic E-state index is 13.2. The summed E-state index contributed by atoms with van der Waals surface area (Å²) in [6.07, 6.45) is 7.99. The van der Waals surface area contributed by atoms with Crippen LogP contribution in [-0.4, -0.2) is 17.6 Å². The van der Waals surface area contributed by atoms with Crippen LogP contribution in [0.25, 0.3) is 0 Å². The van der Waals surface area contributed by atoms with Gasteiger partial charge in [-0.15, -0.1) is 0 Å². The number of nitrogens with zero attached hydrogens (tertiary/aromatic N) is 2. The Morgan fingerprint density at radius 3 is 2.52 bits per heavy atom. The van der Waals surface area contributed by atoms with Gasteiger partial charge >= 0.3 is 0 Å². The molecule has 0 radical (unpaired) electrons. The Bertz CT molecular complexity index is 1140. The molecule has 1 heterocycles. The molecule has 2 aliphatic rings. The van der Waals surface area contributed by atoms with Gasteiger partial charge < -0.3 is 4.74 Å². The van der Waals surface area contributed by atoms with E-state index in [2.05, 4.69) is 45.3 Å². The molecule has 172 valence electrons. The van der Waals surface area contributed by atoms with E-state index in [0.29, 0.717) is 33.9 Å². The van der Waals surface area contributed by atoms with Gasteiger partial charge in [0.05, 0.1) is 16.3 Å². The molecule has 1 saturated carbocycles. The lowest BCUT2D eigenvalue weighted by molar-refractivity contribution is -0.177. The van der Waals surface area contributed by atoms with Crippen LogP contribution in [0.15, 0.2) is 70.9 Å². The van der Waals surface area contributed by atoms with Crippen molar-refractivity contribution < 1.29 is 9.53 Å². The van der Waals surface area contributed by atoms with Gasteiger partial charge in [-0.2, -0.15) is 5.26 Å². The molecule has 0 aromatic heterocycles. The van der Waals surface area contributed by atoms with Gasteiger partial charge in [-0.1, -0.05) is 65.0 Å². The summed E-state index contributed by atoms with van der Waals surface area (Å²) < 4.78 is 6.33. The van der Waals surface area contributed by atoms with E-state index >= 15 is 0 Å². The molecule has 3 rings (SSSR count). The van der Waals surface area contributed by atoms with Crippen molar-refractivity contribution >= 4 is 23.1 Å². The summed E-state index contributed by atoms with van der Waals surface area (Å²) in [7, 11) is 0. The van der Waals surface area contributed by atoms with E-state index in [9.17, 15) is 4.79 Å². The third kappa shape index (κ3) is 4.61. The van der Waals surface area contributed by atoms with Gasteiger partial charge in [0.25, 0.3) is 0 Å². The average Bonchev–Trinajstić information content (AvgIpc) is 2.89. The zero-order valence-corrected chi connectivity index (χ0v) is 21.0. The van der Waals surface area contributed by atoms with Gasteiger partial charge in [0, 0.05) is 28.2 Å². The zero-order chi connectivity index (χ0) is 24.6. The largest absolute Gasteiger partial charge is 0.489 e. The molecule has 5 heteroatoms. The summed E-state index contributed by atoms with van der Waals surface area (Å²) in [6, 6.07) is 7.19. The van der Waals surface area contributed by atoms with Crippen LogP contribution in [0.5, 0.6) is 5.75 Å². The Balaban J connectivity index is 1.83. The maximum absolute atomic E-state index is 13.2. The summed E-state index contributed by atoms with van der Waals surface area (Å²) in [5.41, 5.74) is 2.90. The van der Waals surface area contributed by atoms with Gasteiger partial charge in [-0.25, -0.2) is 0 Å². The normalized spacial score (nSPS) is 23.6. The number of benzene rings is 1. The van der Waals surface area contributed by atoms with E-state index in [0.717, 1.165) is 11.4 Å². The third-order valence-electron chi connectivity index (χ3n) is 6.74. The van der Waals surface area contributed by atoms with Gasteiger partial charge in [-0.05, 0) is 49.1 Å². The minimum atomic E-state index is -0.211. The summed E-state index contributed by atoms with van der Waals surface area (Å²) in [6.45, 7) is 16.6. The molecule has 0 N–H and O–H groups in total. The number of aliphatic imine (C=N–C) groups is 1. The monoisotopic (exact) mass is 462 g/mol. The average molecular weight is 463 g/mol. The molecule has 0 spiro atoms. The lowest BCUT2D eigenvalue weighted by Gasteiger charge is -2.62. The van der Waals surface area contributed by atoms with Crippen LogP contribution in [0.3, 0.4) is 0 Å². The van der Waals surface area contributed by atoms with Crippen molar-refractivity contribution in [2.75, 3.05) is 0 Å². The predicted molar refractivity (Wildman–Crippen MR) is 134 cm³/mol. The number of carbonyl (C=O) groups is 1. The molecule has 0 atom stereocenters. The van der Waals surface area contributed by atoms with Gasteiger partial charge in [0.15, 0.2) is 5.78 Å². The lowest BCUT2D eigenvalue weighted by atomic mass is 9.45. The quantitative estimate of drug-likeness (QED) is 0.427. The molecule has 0 amide bonds. The van der Waals surface area contributed by atoms with Crippen LogP contribution in [0, 0.1) is 28.1 Å². The fraction of sp³-hybridized carbons (Fsp3) is 0.393. The summed E-state index contributed by atoms with van der Waals surface area (Å²) in [5, 5.41) is 9.47. The van der Waals surface area contributed by atoms with Crippen LogP contribution in [0.2, 0.25) is 5.02 Å². The van der Waals surface area contributed by atoms with Gasteiger partial charge in [0.2, 0.25) is 0 Å². The number of rotatable bonds is 6. The van der Waals surface area contributed by atoms with Crippen molar-refractivity contribution in [3.05, 3.63) is 76.5 Å². The van der Waals surface area contributed by atoms with Crippen LogP contribution in [0.4, 0.5) is 0 Å². The first-order valence-electron chi connectivity index (χ1n) is 11.2. The Kier molecular flexibility index (Phi) is 6.86. The Labute approximate surface area is 202 Å². The first kappa shape index (κ1) is 24.7. The number of ketones is 1. The van der Waals surface area contributed by atoms with Crippen molar-refractivity contribution in [1.82, 2.24) is 0 Å². The molecule has 1 aromatic carbocycles. The summed E-state index contributed by atoms with van der Waals surface area (Å²) in [5.74, 6) is 0.685. The highest BCUT2D eigenvalue weighted by Crippen LogP contribution is 2.60. The van der Waals surface area contributed by atoms with Gasteiger partial charge in [0.1, 0.15) is 17.9 Å². The van der Waals surface area contributed by atoms with E-state index in [4.69, 9.17) is 21.6 Å². The lowest BCUT2D eigenvalue weighted by Crippen LogP contribution is -2.65. The topological polar surface area (TPSA) is 62.4 Å². The molecule has 0 bridgehead atoms. The molecule has 33 heavy (non-hydrogen) atoms. The zero-order valence-electron chi connectivity index (χ0n) is 20.2. The molecule has 1 aliphatic heterocycles. The van der Waals surface area contributed by atoms with Crippen molar-refractivity contribution in [2.45, 2.75) is 54.1 Å². The minimum absolute atomic E-state index is 0.0743. The Hall–Kier alpha value is -2.90. The second-order valence-corrected chi connectivity index (χ2v) is 10.3. The van der Waals surface area contributed by atoms with Crippen molar-refractivity contribution in [2.24, 2.45) is 21.7 Å². The standard InChI is InChI=1S/C28H31ClN2O2/c1-8-22-25(17(2)9-10-18(3)31-22)23(32)13-14-24-27(4,5)26(28(24,6)7)33-20-12-11-19(16-30)21(29)15-20/h9-15,24,26H,2,8H2,1,3-7H3/b14-13+/t24-,26-. The minimum Gasteiger partial charge on any atom is -0.489 e. The van der Waals surface area contributed by atoms with Gasteiger partial charge in [-0.3, -0.25) is 9.79 Å². The molecule has 0 saturated heterocycles. The Morgan fingerprint density at radius 2 is 1.94 bits per heavy atom. The molecule has 0 unspecified atom stereocenters. The number of hydrogen-bond donors (Lipinski definition) is 0. The number of halogens is 1. The highest BCUT2D eigenvalue weighted by molar-refractivity contribution is 6.31. The first-order chi connectivity index (χ1) is 15.4.